The van der Waals surface area contributed by atoms with Crippen molar-refractivity contribution in [1.82, 2.24) is 9.97 Å². The molecule has 1 aromatic carbocycles. The highest BCUT2D eigenvalue weighted by Crippen LogP contribution is 2.28. The number of hydrogen-bond donors (Lipinski definition) is 2. The van der Waals surface area contributed by atoms with E-state index in [9.17, 15) is 0 Å². The lowest BCUT2D eigenvalue weighted by Crippen LogP contribution is -2.13. The Morgan fingerprint density at radius 1 is 1.15 bits per heavy atom. The molecule has 2 aromatic rings. The molecule has 5 nitrogen and oxygen atoms in total. The minimum Gasteiger partial charge on any atom is -0.439 e. The minimum atomic E-state index is 0.535. The number of aromatic nitrogens is 2. The van der Waals surface area contributed by atoms with Gasteiger partial charge in [-0.3, -0.25) is 0 Å². The van der Waals surface area contributed by atoms with Gasteiger partial charge in [-0.05, 0) is 44.0 Å². The summed E-state index contributed by atoms with van der Waals surface area (Å²) in [5.74, 6) is 8.07. The van der Waals surface area contributed by atoms with Crippen LogP contribution in [0.4, 0.5) is 5.82 Å². The highest BCUT2D eigenvalue weighted by Gasteiger charge is 2.11. The van der Waals surface area contributed by atoms with Gasteiger partial charge in [0.1, 0.15) is 17.4 Å². The SMILES string of the molecule is CCc1nc(NN)c(C)c(Oc2ccc(C)c(C)c2)n1. The van der Waals surface area contributed by atoms with Crippen LogP contribution < -0.4 is 16.0 Å². The van der Waals surface area contributed by atoms with E-state index in [1.54, 1.807) is 0 Å². The number of nitrogens with one attached hydrogen (secondary N) is 1. The van der Waals surface area contributed by atoms with E-state index in [2.05, 4.69) is 29.2 Å². The Kier molecular flexibility index (Phi) is 4.20. The summed E-state index contributed by atoms with van der Waals surface area (Å²) in [6, 6.07) is 5.97. The van der Waals surface area contributed by atoms with Gasteiger partial charge in [0.15, 0.2) is 0 Å². The number of nitrogens with zero attached hydrogens (tertiary/aromatic N) is 2. The summed E-state index contributed by atoms with van der Waals surface area (Å²) in [4.78, 5) is 8.73. The Labute approximate surface area is 119 Å². The number of hydrazine groups is 1. The molecule has 0 atom stereocenters. The lowest BCUT2D eigenvalue weighted by Gasteiger charge is -2.13. The highest BCUT2D eigenvalue weighted by atomic mass is 16.5. The van der Waals surface area contributed by atoms with Gasteiger partial charge in [0, 0.05) is 6.42 Å². The van der Waals surface area contributed by atoms with Crippen molar-refractivity contribution in [3.05, 3.63) is 40.7 Å². The maximum absolute atomic E-state index is 5.88. The van der Waals surface area contributed by atoms with Crippen molar-refractivity contribution >= 4 is 5.82 Å². The second-order valence-electron chi connectivity index (χ2n) is 4.76. The summed E-state index contributed by atoms with van der Waals surface area (Å²) in [5, 5.41) is 0. The molecule has 0 spiro atoms. The predicted octanol–water partition coefficient (Wildman–Crippen LogP) is 3.04. The zero-order valence-corrected chi connectivity index (χ0v) is 12.3. The van der Waals surface area contributed by atoms with Crippen LogP contribution in [0.5, 0.6) is 11.6 Å². The number of ether oxygens (including phenoxy) is 1. The molecule has 1 aromatic heterocycles. The van der Waals surface area contributed by atoms with Gasteiger partial charge in [0.2, 0.25) is 5.88 Å². The maximum atomic E-state index is 5.88. The summed E-state index contributed by atoms with van der Waals surface area (Å²) >= 11 is 0. The Bertz CT molecular complexity index is 626. The quantitative estimate of drug-likeness (QED) is 0.661. The maximum Gasteiger partial charge on any atom is 0.227 e. The molecule has 3 N–H and O–H groups in total. The van der Waals surface area contributed by atoms with Gasteiger partial charge < -0.3 is 10.2 Å². The molecular weight excluding hydrogens is 252 g/mol. The largest absolute Gasteiger partial charge is 0.439 e. The number of nitrogens with two attached hydrogens (primary N) is 1. The molecule has 0 unspecified atom stereocenters. The van der Waals surface area contributed by atoms with Gasteiger partial charge in [-0.15, -0.1) is 0 Å². The molecule has 5 heteroatoms. The van der Waals surface area contributed by atoms with Crippen LogP contribution in [0.25, 0.3) is 0 Å². The van der Waals surface area contributed by atoms with Gasteiger partial charge in [0.25, 0.3) is 0 Å². The van der Waals surface area contributed by atoms with Crippen LogP contribution in [0.3, 0.4) is 0 Å². The van der Waals surface area contributed by atoms with E-state index < -0.39 is 0 Å². The molecular formula is C15H20N4O. The minimum absolute atomic E-state index is 0.535. The molecule has 0 radical (unpaired) electrons. The second kappa shape index (κ2) is 5.88. The standard InChI is InChI=1S/C15H20N4O/c1-5-13-17-14(19-16)11(4)15(18-13)20-12-7-6-9(2)10(3)8-12/h6-8H,5,16H2,1-4H3,(H,17,18,19). The summed E-state index contributed by atoms with van der Waals surface area (Å²) in [5.41, 5.74) is 5.79. The number of anilines is 1. The third kappa shape index (κ3) is 2.88. The first-order valence-corrected chi connectivity index (χ1v) is 6.64. The van der Waals surface area contributed by atoms with Crippen molar-refractivity contribution in [1.29, 1.82) is 0 Å². The van der Waals surface area contributed by atoms with Crippen LogP contribution >= 0.6 is 0 Å². The lowest BCUT2D eigenvalue weighted by molar-refractivity contribution is 0.454. The molecule has 0 fully saturated rings. The van der Waals surface area contributed by atoms with E-state index in [0.717, 1.165) is 17.7 Å². The third-order valence-electron chi connectivity index (χ3n) is 3.29. The third-order valence-corrected chi connectivity index (χ3v) is 3.29. The van der Waals surface area contributed by atoms with E-state index in [1.807, 2.05) is 32.0 Å². The molecule has 0 saturated carbocycles. The first-order valence-electron chi connectivity index (χ1n) is 6.64. The number of benzene rings is 1. The Hall–Kier alpha value is -2.14. The molecule has 0 bridgehead atoms. The van der Waals surface area contributed by atoms with Crippen molar-refractivity contribution in [2.75, 3.05) is 5.43 Å². The van der Waals surface area contributed by atoms with Crippen LogP contribution in [0.15, 0.2) is 18.2 Å². The van der Waals surface area contributed by atoms with Crippen molar-refractivity contribution in [2.24, 2.45) is 5.84 Å². The molecule has 0 amide bonds. The average molecular weight is 272 g/mol. The second-order valence-corrected chi connectivity index (χ2v) is 4.76. The molecule has 106 valence electrons. The summed E-state index contributed by atoms with van der Waals surface area (Å²) in [7, 11) is 0. The van der Waals surface area contributed by atoms with Crippen molar-refractivity contribution < 1.29 is 4.74 Å². The number of rotatable bonds is 4. The normalized spacial score (nSPS) is 10.4. The van der Waals surface area contributed by atoms with Crippen molar-refractivity contribution in [2.45, 2.75) is 34.1 Å². The molecule has 0 saturated heterocycles. The van der Waals surface area contributed by atoms with E-state index in [1.165, 1.54) is 11.1 Å². The zero-order chi connectivity index (χ0) is 14.7. The predicted molar refractivity (Wildman–Crippen MR) is 79.9 cm³/mol. The Balaban J connectivity index is 2.39. The molecule has 20 heavy (non-hydrogen) atoms. The van der Waals surface area contributed by atoms with Crippen LogP contribution in [0, 0.1) is 20.8 Å². The fraction of sp³-hybridized carbons (Fsp3) is 0.333. The van der Waals surface area contributed by atoms with E-state index in [0.29, 0.717) is 17.5 Å². The molecule has 1 heterocycles. The van der Waals surface area contributed by atoms with Crippen molar-refractivity contribution in [3.8, 4) is 11.6 Å². The number of nitrogen functional groups attached to an aromatic ring is 1. The Morgan fingerprint density at radius 2 is 1.90 bits per heavy atom. The molecule has 0 aliphatic heterocycles. The molecule has 0 aliphatic carbocycles. The summed E-state index contributed by atoms with van der Waals surface area (Å²) < 4.78 is 5.88. The average Bonchev–Trinajstić information content (AvgIpc) is 2.45. The fourth-order valence-electron chi connectivity index (χ4n) is 1.83. The summed E-state index contributed by atoms with van der Waals surface area (Å²) in [6.07, 6.45) is 0.720. The van der Waals surface area contributed by atoms with E-state index >= 15 is 0 Å². The molecule has 0 aliphatic rings. The summed E-state index contributed by atoms with van der Waals surface area (Å²) in [6.45, 7) is 8.00. The lowest BCUT2D eigenvalue weighted by atomic mass is 10.1. The first-order chi connectivity index (χ1) is 9.55. The van der Waals surface area contributed by atoms with Crippen LogP contribution in [0.1, 0.15) is 29.4 Å². The van der Waals surface area contributed by atoms with Crippen LogP contribution in [-0.4, -0.2) is 9.97 Å². The molecule has 2 rings (SSSR count). The topological polar surface area (TPSA) is 73.1 Å². The monoisotopic (exact) mass is 272 g/mol. The number of aryl methyl sites for hydroxylation is 3. The van der Waals surface area contributed by atoms with Gasteiger partial charge in [-0.2, -0.15) is 4.98 Å². The van der Waals surface area contributed by atoms with E-state index in [4.69, 9.17) is 10.6 Å². The Morgan fingerprint density at radius 3 is 2.50 bits per heavy atom. The fourth-order valence-corrected chi connectivity index (χ4v) is 1.83. The number of hydrogen-bond acceptors (Lipinski definition) is 5. The van der Waals surface area contributed by atoms with E-state index in [-0.39, 0.29) is 0 Å². The smallest absolute Gasteiger partial charge is 0.227 e. The van der Waals surface area contributed by atoms with Crippen molar-refractivity contribution in [3.63, 3.8) is 0 Å². The van der Waals surface area contributed by atoms with Gasteiger partial charge >= 0.3 is 0 Å². The van der Waals surface area contributed by atoms with Gasteiger partial charge in [-0.25, -0.2) is 10.8 Å². The zero-order valence-electron chi connectivity index (χ0n) is 12.3. The van der Waals surface area contributed by atoms with Crippen LogP contribution in [-0.2, 0) is 6.42 Å². The van der Waals surface area contributed by atoms with Crippen LogP contribution in [0.2, 0.25) is 0 Å². The van der Waals surface area contributed by atoms with Gasteiger partial charge in [-0.1, -0.05) is 13.0 Å². The van der Waals surface area contributed by atoms with Gasteiger partial charge in [0.05, 0.1) is 5.56 Å². The highest BCUT2D eigenvalue weighted by molar-refractivity contribution is 5.49. The first kappa shape index (κ1) is 14.3.